The van der Waals surface area contributed by atoms with Crippen molar-refractivity contribution >= 4 is 11.8 Å². The van der Waals surface area contributed by atoms with E-state index < -0.39 is 0 Å². The number of hydrogen-bond donors (Lipinski definition) is 0. The quantitative estimate of drug-likeness (QED) is 0.846. The third-order valence-electron chi connectivity index (χ3n) is 3.97. The summed E-state index contributed by atoms with van der Waals surface area (Å²) < 4.78 is 9.48. The van der Waals surface area contributed by atoms with Crippen LogP contribution in [0.5, 0.6) is 0 Å². The van der Waals surface area contributed by atoms with Crippen molar-refractivity contribution in [2.24, 2.45) is 0 Å². The van der Waals surface area contributed by atoms with E-state index in [1.807, 2.05) is 0 Å². The highest BCUT2D eigenvalue weighted by Crippen LogP contribution is 2.18. The molecule has 0 aliphatic carbocycles. The minimum Gasteiger partial charge on any atom is -0.364 e. The first-order valence-electron chi connectivity index (χ1n) is 7.61. The Morgan fingerprint density at radius 1 is 1.13 bits per heavy atom. The van der Waals surface area contributed by atoms with Gasteiger partial charge in [-0.1, -0.05) is 23.7 Å². The average Bonchev–Trinajstić information content (AvgIpc) is 3.27. The predicted octanol–water partition coefficient (Wildman–Crippen LogP) is 1.43. The van der Waals surface area contributed by atoms with Crippen molar-refractivity contribution in [2.45, 2.75) is 25.8 Å². The molecule has 3 rings (SSSR count). The maximum Gasteiger partial charge on any atom is 0.276 e. The van der Waals surface area contributed by atoms with Gasteiger partial charge in [0.25, 0.3) is 11.8 Å². The zero-order valence-corrected chi connectivity index (χ0v) is 12.8. The summed E-state index contributed by atoms with van der Waals surface area (Å²) in [5, 5.41) is 7.40. The molecule has 0 aromatic carbocycles. The molecule has 1 aliphatic rings. The molecule has 8 nitrogen and oxygen atoms in total. The van der Waals surface area contributed by atoms with Gasteiger partial charge in [-0.05, 0) is 6.42 Å². The highest BCUT2D eigenvalue weighted by Gasteiger charge is 2.34. The molecule has 0 spiro atoms. The Morgan fingerprint density at radius 2 is 1.78 bits per heavy atom. The van der Waals surface area contributed by atoms with Crippen LogP contribution in [0.15, 0.2) is 33.7 Å². The monoisotopic (exact) mass is 318 g/mol. The van der Waals surface area contributed by atoms with Gasteiger partial charge in [0, 0.05) is 37.8 Å². The number of carbonyl (C=O) groups excluding carboxylic acids is 2. The van der Waals surface area contributed by atoms with Crippen molar-refractivity contribution in [3.63, 3.8) is 0 Å². The first-order valence-corrected chi connectivity index (χ1v) is 7.61. The molecule has 2 aromatic rings. The molecule has 1 atom stereocenters. The molecule has 0 bridgehead atoms. The minimum absolute atomic E-state index is 0.0474. The van der Waals surface area contributed by atoms with Gasteiger partial charge in [0.05, 0.1) is 0 Å². The van der Waals surface area contributed by atoms with Gasteiger partial charge in [0.2, 0.25) is 0 Å². The highest BCUT2D eigenvalue weighted by atomic mass is 16.5. The van der Waals surface area contributed by atoms with Gasteiger partial charge in [-0.3, -0.25) is 9.59 Å². The standard InChI is InChI=1S/C15H18N4O4/c1-2-3-11-10-18(14(20)12-4-8-22-16-12)6-7-19(11)15(21)13-5-9-23-17-13/h4-5,8-9,11H,2-3,6-7,10H2,1H3. The second kappa shape index (κ2) is 6.64. The maximum atomic E-state index is 12.5. The lowest BCUT2D eigenvalue weighted by Gasteiger charge is -2.41. The molecule has 23 heavy (non-hydrogen) atoms. The topological polar surface area (TPSA) is 92.7 Å². The fourth-order valence-corrected chi connectivity index (χ4v) is 2.84. The van der Waals surface area contributed by atoms with Crippen molar-refractivity contribution in [1.82, 2.24) is 20.1 Å². The van der Waals surface area contributed by atoms with E-state index in [0.29, 0.717) is 25.3 Å². The molecule has 2 amide bonds. The summed E-state index contributed by atoms with van der Waals surface area (Å²) in [6, 6.07) is 3.05. The van der Waals surface area contributed by atoms with Crippen molar-refractivity contribution in [1.29, 1.82) is 0 Å². The molecule has 2 aromatic heterocycles. The molecule has 0 radical (unpaired) electrons. The zero-order chi connectivity index (χ0) is 16.2. The third-order valence-corrected chi connectivity index (χ3v) is 3.97. The van der Waals surface area contributed by atoms with Gasteiger partial charge in [0.1, 0.15) is 12.5 Å². The first kappa shape index (κ1) is 15.3. The smallest absolute Gasteiger partial charge is 0.276 e. The van der Waals surface area contributed by atoms with Crippen LogP contribution in [0.4, 0.5) is 0 Å². The van der Waals surface area contributed by atoms with Gasteiger partial charge in [-0.2, -0.15) is 0 Å². The van der Waals surface area contributed by atoms with Crippen LogP contribution in [0.2, 0.25) is 0 Å². The fraction of sp³-hybridized carbons (Fsp3) is 0.467. The fourth-order valence-electron chi connectivity index (χ4n) is 2.84. The summed E-state index contributed by atoms with van der Waals surface area (Å²) in [6.07, 6.45) is 4.49. The summed E-state index contributed by atoms with van der Waals surface area (Å²) in [7, 11) is 0. The zero-order valence-electron chi connectivity index (χ0n) is 12.8. The highest BCUT2D eigenvalue weighted by molar-refractivity contribution is 5.94. The number of piperazine rings is 1. The van der Waals surface area contributed by atoms with Crippen molar-refractivity contribution in [3.05, 3.63) is 36.0 Å². The molecule has 122 valence electrons. The minimum atomic E-state index is -0.173. The van der Waals surface area contributed by atoms with Crippen LogP contribution in [0.3, 0.4) is 0 Å². The van der Waals surface area contributed by atoms with Crippen LogP contribution in [-0.4, -0.2) is 57.6 Å². The molecule has 1 saturated heterocycles. The molecule has 3 heterocycles. The summed E-state index contributed by atoms with van der Waals surface area (Å²) in [4.78, 5) is 28.4. The van der Waals surface area contributed by atoms with E-state index in [1.54, 1.807) is 21.9 Å². The number of hydrogen-bond acceptors (Lipinski definition) is 6. The van der Waals surface area contributed by atoms with Crippen molar-refractivity contribution in [2.75, 3.05) is 19.6 Å². The van der Waals surface area contributed by atoms with Gasteiger partial charge in [0.15, 0.2) is 11.4 Å². The van der Waals surface area contributed by atoms with Gasteiger partial charge < -0.3 is 18.8 Å². The van der Waals surface area contributed by atoms with Crippen LogP contribution in [-0.2, 0) is 0 Å². The van der Waals surface area contributed by atoms with Gasteiger partial charge >= 0.3 is 0 Å². The van der Waals surface area contributed by atoms with Gasteiger partial charge in [-0.15, -0.1) is 0 Å². The Hall–Kier alpha value is -2.64. The summed E-state index contributed by atoms with van der Waals surface area (Å²) >= 11 is 0. The normalized spacial score (nSPS) is 18.2. The second-order valence-corrected chi connectivity index (χ2v) is 5.46. The number of carbonyl (C=O) groups is 2. The van der Waals surface area contributed by atoms with Gasteiger partial charge in [-0.25, -0.2) is 0 Å². The van der Waals surface area contributed by atoms with E-state index >= 15 is 0 Å². The van der Waals surface area contributed by atoms with Crippen LogP contribution in [0, 0.1) is 0 Å². The van der Waals surface area contributed by atoms with Crippen LogP contribution in [0.25, 0.3) is 0 Å². The van der Waals surface area contributed by atoms with E-state index in [2.05, 4.69) is 17.2 Å². The SMILES string of the molecule is CCCC1CN(C(=O)c2ccon2)CCN1C(=O)c1ccon1. The lowest BCUT2D eigenvalue weighted by atomic mass is 10.1. The van der Waals surface area contributed by atoms with E-state index in [9.17, 15) is 9.59 Å². The van der Waals surface area contributed by atoms with E-state index in [-0.39, 0.29) is 23.6 Å². The van der Waals surface area contributed by atoms with Crippen LogP contribution >= 0.6 is 0 Å². The summed E-state index contributed by atoms with van der Waals surface area (Å²) in [5.41, 5.74) is 0.582. The van der Waals surface area contributed by atoms with Crippen LogP contribution in [0.1, 0.15) is 40.7 Å². The second-order valence-electron chi connectivity index (χ2n) is 5.46. The molecule has 1 unspecified atom stereocenters. The first-order chi connectivity index (χ1) is 11.2. The predicted molar refractivity (Wildman–Crippen MR) is 78.6 cm³/mol. The number of amides is 2. The largest absolute Gasteiger partial charge is 0.364 e. The van der Waals surface area contributed by atoms with Crippen molar-refractivity contribution < 1.29 is 18.6 Å². The Kier molecular flexibility index (Phi) is 4.40. The Morgan fingerprint density at radius 3 is 2.35 bits per heavy atom. The number of nitrogens with zero attached hydrogens (tertiary/aromatic N) is 4. The third kappa shape index (κ3) is 3.10. The van der Waals surface area contributed by atoms with E-state index in [0.717, 1.165) is 12.8 Å². The average molecular weight is 318 g/mol. The lowest BCUT2D eigenvalue weighted by molar-refractivity contribution is 0.0360. The summed E-state index contributed by atoms with van der Waals surface area (Å²) in [5.74, 6) is -0.334. The maximum absolute atomic E-state index is 12.5. The Labute approximate surface area is 133 Å². The lowest BCUT2D eigenvalue weighted by Crippen LogP contribution is -2.56. The molecule has 0 N–H and O–H groups in total. The molecule has 1 aliphatic heterocycles. The van der Waals surface area contributed by atoms with E-state index in [4.69, 9.17) is 9.05 Å². The molecular weight excluding hydrogens is 300 g/mol. The molecule has 8 heteroatoms. The van der Waals surface area contributed by atoms with E-state index in [1.165, 1.54) is 12.5 Å². The Bertz CT molecular complexity index is 653. The molecule has 1 fully saturated rings. The Balaban J connectivity index is 1.73. The molecular formula is C15H18N4O4. The summed E-state index contributed by atoms with van der Waals surface area (Å²) in [6.45, 7) is 3.44. The molecule has 0 saturated carbocycles. The van der Waals surface area contributed by atoms with Crippen LogP contribution < -0.4 is 0 Å². The number of aromatic nitrogens is 2. The number of rotatable bonds is 4. The van der Waals surface area contributed by atoms with Crippen molar-refractivity contribution in [3.8, 4) is 0 Å².